The number of benzene rings is 1. The van der Waals surface area contributed by atoms with E-state index in [1.165, 1.54) is 0 Å². The normalized spacial score (nSPS) is 24.0. The van der Waals surface area contributed by atoms with Gasteiger partial charge in [-0.15, -0.1) is 0 Å². The van der Waals surface area contributed by atoms with Gasteiger partial charge in [0, 0.05) is 35.5 Å². The van der Waals surface area contributed by atoms with Crippen molar-refractivity contribution in [1.29, 1.82) is 0 Å². The molecule has 5 rings (SSSR count). The van der Waals surface area contributed by atoms with E-state index in [4.69, 9.17) is 4.52 Å². The molecule has 1 unspecified atom stereocenters. The van der Waals surface area contributed by atoms with E-state index >= 15 is 0 Å². The van der Waals surface area contributed by atoms with E-state index in [2.05, 4.69) is 34.2 Å². The fourth-order valence-electron chi connectivity index (χ4n) is 4.56. The van der Waals surface area contributed by atoms with E-state index < -0.39 is 6.10 Å². The van der Waals surface area contributed by atoms with Crippen LogP contribution in [0.2, 0.25) is 0 Å². The first kappa shape index (κ1) is 19.1. The molecule has 1 saturated carbocycles. The summed E-state index contributed by atoms with van der Waals surface area (Å²) in [5.74, 6) is 10.2. The number of imidazole rings is 1. The summed E-state index contributed by atoms with van der Waals surface area (Å²) in [6, 6.07) is 10.1. The van der Waals surface area contributed by atoms with Crippen molar-refractivity contribution in [3.8, 4) is 23.2 Å². The molecule has 3 heterocycles. The Morgan fingerprint density at radius 1 is 1.27 bits per heavy atom. The Morgan fingerprint density at radius 3 is 2.73 bits per heavy atom. The Morgan fingerprint density at radius 2 is 2.03 bits per heavy atom. The molecule has 1 aliphatic heterocycles. The largest absolute Gasteiger partial charge is 0.385 e. The second kappa shape index (κ2) is 7.75. The number of piperidine rings is 1. The summed E-state index contributed by atoms with van der Waals surface area (Å²) in [4.78, 5) is 4.28. The van der Waals surface area contributed by atoms with Crippen molar-refractivity contribution >= 4 is 0 Å². The maximum Gasteiger partial charge on any atom is 0.167 e. The van der Waals surface area contributed by atoms with Gasteiger partial charge < -0.3 is 19.5 Å². The molecule has 1 aliphatic carbocycles. The van der Waals surface area contributed by atoms with Crippen molar-refractivity contribution in [2.75, 3.05) is 13.1 Å². The minimum absolute atomic E-state index is 0.0350. The fourth-order valence-corrected chi connectivity index (χ4v) is 4.56. The summed E-state index contributed by atoms with van der Waals surface area (Å²) in [6.07, 6.45) is 3.76. The molecule has 6 heteroatoms. The van der Waals surface area contributed by atoms with Crippen molar-refractivity contribution in [3.63, 3.8) is 0 Å². The fraction of sp³-hybridized carbons (Fsp3) is 0.417. The predicted molar refractivity (Wildman–Crippen MR) is 113 cm³/mol. The second-order valence-electron chi connectivity index (χ2n) is 8.27. The molecule has 0 radical (unpaired) electrons. The molecule has 154 valence electrons. The zero-order valence-corrected chi connectivity index (χ0v) is 17.2. The Hall–Kier alpha value is -2.88. The summed E-state index contributed by atoms with van der Waals surface area (Å²) in [5.41, 5.74) is 2.83. The molecule has 2 aliphatic rings. The molecule has 30 heavy (non-hydrogen) atoms. The van der Waals surface area contributed by atoms with E-state index in [9.17, 15) is 5.11 Å². The molecule has 3 aromatic rings. The molecule has 2 fully saturated rings. The van der Waals surface area contributed by atoms with Gasteiger partial charge in [0.25, 0.3) is 0 Å². The van der Waals surface area contributed by atoms with Gasteiger partial charge in [-0.1, -0.05) is 23.9 Å². The average Bonchev–Trinajstić information content (AvgIpc) is 3.29. The van der Waals surface area contributed by atoms with Crippen LogP contribution in [0.4, 0.5) is 0 Å². The number of nitrogens with one attached hydrogen (secondary N) is 1. The third-order valence-electron chi connectivity index (χ3n) is 6.31. The second-order valence-corrected chi connectivity index (χ2v) is 8.27. The van der Waals surface area contributed by atoms with Crippen LogP contribution in [-0.2, 0) is 0 Å². The summed E-state index contributed by atoms with van der Waals surface area (Å²) in [7, 11) is 0. The van der Waals surface area contributed by atoms with Gasteiger partial charge in [0.2, 0.25) is 0 Å². The van der Waals surface area contributed by atoms with Gasteiger partial charge >= 0.3 is 0 Å². The highest BCUT2D eigenvalue weighted by Crippen LogP contribution is 2.48. The maximum atomic E-state index is 9.98. The van der Waals surface area contributed by atoms with Gasteiger partial charge in [-0.2, -0.15) is 0 Å². The van der Waals surface area contributed by atoms with Gasteiger partial charge in [-0.05, 0) is 62.5 Å². The molecule has 1 aromatic carbocycles. The number of nitrogens with zero attached hydrogens (tertiary/aromatic N) is 3. The number of hydrogen-bond donors (Lipinski definition) is 2. The van der Waals surface area contributed by atoms with Crippen LogP contribution in [0.25, 0.3) is 11.3 Å². The van der Waals surface area contributed by atoms with Crippen molar-refractivity contribution in [3.05, 3.63) is 59.8 Å². The number of aliphatic hydroxyl groups excluding tert-OH is 1. The molecule has 2 N–H and O–H groups in total. The van der Waals surface area contributed by atoms with Crippen LogP contribution >= 0.6 is 0 Å². The summed E-state index contributed by atoms with van der Waals surface area (Å²) < 4.78 is 7.61. The third kappa shape index (κ3) is 3.45. The van der Waals surface area contributed by atoms with E-state index in [0.717, 1.165) is 53.9 Å². The smallest absolute Gasteiger partial charge is 0.167 e. The zero-order chi connectivity index (χ0) is 20.7. The van der Waals surface area contributed by atoms with E-state index in [-0.39, 0.29) is 6.04 Å². The van der Waals surface area contributed by atoms with E-state index in [1.54, 1.807) is 13.1 Å². The Bertz CT molecular complexity index is 1080. The van der Waals surface area contributed by atoms with Crippen LogP contribution < -0.4 is 5.32 Å². The zero-order valence-electron chi connectivity index (χ0n) is 17.2. The number of aromatic nitrogens is 3. The predicted octanol–water partition coefficient (Wildman–Crippen LogP) is 3.41. The highest BCUT2D eigenvalue weighted by atomic mass is 16.5. The number of aliphatic hydroxyl groups is 1. The van der Waals surface area contributed by atoms with Gasteiger partial charge in [0.1, 0.15) is 17.6 Å². The standard InChI is InChI=1S/C24H26N4O2/c1-3-22(28-11-10-26-24(28)15(2)29)21-12-23(30-27-21)17-7-4-16(5-8-17)6-9-18-19-13-25-14-20(18)19/h4-5,7-8,10-12,15,18-20,22,25,29H,3,13-14H2,1-2H3/t15-,18?,19-,20+,22+/m0/s1. The van der Waals surface area contributed by atoms with Gasteiger partial charge in [-0.3, -0.25) is 0 Å². The van der Waals surface area contributed by atoms with Crippen molar-refractivity contribution < 1.29 is 9.63 Å². The van der Waals surface area contributed by atoms with Gasteiger partial charge in [0.05, 0.1) is 6.04 Å². The van der Waals surface area contributed by atoms with Crippen LogP contribution in [0.1, 0.15) is 49.5 Å². The van der Waals surface area contributed by atoms with Crippen LogP contribution in [-0.4, -0.2) is 32.9 Å². The van der Waals surface area contributed by atoms with Gasteiger partial charge in [0.15, 0.2) is 5.76 Å². The first-order valence-electron chi connectivity index (χ1n) is 10.7. The topological polar surface area (TPSA) is 76.1 Å². The van der Waals surface area contributed by atoms with E-state index in [1.807, 2.05) is 41.1 Å². The van der Waals surface area contributed by atoms with Crippen LogP contribution in [0, 0.1) is 29.6 Å². The Kier molecular flexibility index (Phi) is 4.93. The summed E-state index contributed by atoms with van der Waals surface area (Å²) >= 11 is 0. The van der Waals surface area contributed by atoms with Crippen molar-refractivity contribution in [2.24, 2.45) is 17.8 Å². The van der Waals surface area contributed by atoms with Gasteiger partial charge in [-0.25, -0.2) is 4.98 Å². The number of rotatable bonds is 5. The molecule has 0 bridgehead atoms. The minimum Gasteiger partial charge on any atom is -0.385 e. The highest BCUT2D eigenvalue weighted by molar-refractivity contribution is 5.59. The third-order valence-corrected chi connectivity index (χ3v) is 6.31. The molecule has 5 atom stereocenters. The molecule has 6 nitrogen and oxygen atoms in total. The van der Waals surface area contributed by atoms with Crippen molar-refractivity contribution in [1.82, 2.24) is 20.0 Å². The molecule has 0 amide bonds. The van der Waals surface area contributed by atoms with E-state index in [0.29, 0.717) is 11.7 Å². The highest BCUT2D eigenvalue weighted by Gasteiger charge is 2.51. The minimum atomic E-state index is -0.638. The SMILES string of the molecule is CC[C@H](c1cc(-c2ccc(C#CC3[C@H]4CNC[C@@H]34)cc2)on1)n1ccnc1[C@H](C)O. The quantitative estimate of drug-likeness (QED) is 0.640. The molecular weight excluding hydrogens is 376 g/mol. The Labute approximate surface area is 176 Å². The lowest BCUT2D eigenvalue weighted by molar-refractivity contribution is 0.181. The van der Waals surface area contributed by atoms with Crippen LogP contribution in [0.15, 0.2) is 47.2 Å². The first-order valence-corrected chi connectivity index (χ1v) is 10.7. The lowest BCUT2D eigenvalue weighted by Crippen LogP contribution is -2.14. The average molecular weight is 402 g/mol. The van der Waals surface area contributed by atoms with Crippen molar-refractivity contribution in [2.45, 2.75) is 32.4 Å². The Balaban J connectivity index is 1.32. The summed E-state index contributed by atoms with van der Waals surface area (Å²) in [5, 5.41) is 17.7. The molecule has 0 spiro atoms. The lowest BCUT2D eigenvalue weighted by Gasteiger charge is -2.17. The lowest BCUT2D eigenvalue weighted by atomic mass is 10.1. The molecule has 2 aromatic heterocycles. The summed E-state index contributed by atoms with van der Waals surface area (Å²) in [6.45, 7) is 6.04. The van der Waals surface area contributed by atoms with Crippen LogP contribution in [0.3, 0.4) is 0 Å². The van der Waals surface area contributed by atoms with Crippen LogP contribution in [0.5, 0.6) is 0 Å². The molecular formula is C24H26N4O2. The number of hydrogen-bond acceptors (Lipinski definition) is 5. The maximum absolute atomic E-state index is 9.98. The number of fused-ring (bicyclic) bond motifs is 1. The first-order chi connectivity index (χ1) is 14.7. The molecule has 1 saturated heterocycles. The monoisotopic (exact) mass is 402 g/mol.